The Morgan fingerprint density at radius 2 is 2.31 bits per heavy atom. The van der Waals surface area contributed by atoms with Crippen molar-refractivity contribution in [1.29, 1.82) is 0 Å². The van der Waals surface area contributed by atoms with Gasteiger partial charge in [-0.05, 0) is 31.0 Å². The molecule has 5 heteroatoms. The zero-order valence-corrected chi connectivity index (χ0v) is 9.47. The molecule has 1 aromatic carbocycles. The van der Waals surface area contributed by atoms with Gasteiger partial charge in [0.25, 0.3) is 0 Å². The van der Waals surface area contributed by atoms with Gasteiger partial charge in [0.15, 0.2) is 0 Å². The fraction of sp³-hybridized carbons (Fsp3) is 0.364. The zero-order valence-electron chi connectivity index (χ0n) is 8.72. The lowest BCUT2D eigenvalue weighted by Gasteiger charge is -2.10. The van der Waals surface area contributed by atoms with Crippen LogP contribution in [0.1, 0.15) is 17.5 Å². The number of carbonyl (C=O) groups excluding carboxylic acids is 1. The Hall–Kier alpha value is -1.26. The standard InChI is InChI=1S/C11H13ClN2O2/c12-8-4-6(2-1-3-13)11(16)7-5-9(15)14-10(7)8/h4,16H,1-3,5,13H2,(H,14,15). The van der Waals surface area contributed by atoms with Gasteiger partial charge in [-0.25, -0.2) is 0 Å². The van der Waals surface area contributed by atoms with E-state index in [0.29, 0.717) is 29.2 Å². The molecular formula is C11H13ClN2O2. The number of benzene rings is 1. The first-order valence-electron chi connectivity index (χ1n) is 5.16. The van der Waals surface area contributed by atoms with Gasteiger partial charge in [0.2, 0.25) is 5.91 Å². The summed E-state index contributed by atoms with van der Waals surface area (Å²) in [5.74, 6) is 0.0365. The summed E-state index contributed by atoms with van der Waals surface area (Å²) in [4.78, 5) is 11.2. The number of fused-ring (bicyclic) bond motifs is 1. The molecule has 0 saturated heterocycles. The molecule has 0 unspecified atom stereocenters. The summed E-state index contributed by atoms with van der Waals surface area (Å²) in [7, 11) is 0. The predicted molar refractivity (Wildman–Crippen MR) is 62.8 cm³/mol. The van der Waals surface area contributed by atoms with Crippen LogP contribution >= 0.6 is 11.6 Å². The number of nitrogens with one attached hydrogen (secondary N) is 1. The highest BCUT2D eigenvalue weighted by atomic mass is 35.5. The summed E-state index contributed by atoms with van der Waals surface area (Å²) in [5, 5.41) is 13.1. The van der Waals surface area contributed by atoms with Gasteiger partial charge in [-0.15, -0.1) is 0 Å². The monoisotopic (exact) mass is 240 g/mol. The molecule has 0 radical (unpaired) electrons. The Morgan fingerprint density at radius 3 is 3.00 bits per heavy atom. The summed E-state index contributed by atoms with van der Waals surface area (Å²) in [6.45, 7) is 0.561. The van der Waals surface area contributed by atoms with Gasteiger partial charge in [0, 0.05) is 5.56 Å². The third-order valence-corrected chi connectivity index (χ3v) is 2.98. The molecule has 0 bridgehead atoms. The molecule has 1 aromatic rings. The number of aromatic hydroxyl groups is 1. The van der Waals surface area contributed by atoms with Crippen molar-refractivity contribution in [3.8, 4) is 5.75 Å². The third kappa shape index (κ3) is 1.86. The van der Waals surface area contributed by atoms with Crippen LogP contribution in [0.4, 0.5) is 5.69 Å². The van der Waals surface area contributed by atoms with E-state index >= 15 is 0 Å². The molecule has 1 aliphatic heterocycles. The van der Waals surface area contributed by atoms with Crippen molar-refractivity contribution < 1.29 is 9.90 Å². The highest BCUT2D eigenvalue weighted by molar-refractivity contribution is 6.34. The topological polar surface area (TPSA) is 75.3 Å². The Morgan fingerprint density at radius 1 is 1.56 bits per heavy atom. The molecule has 0 spiro atoms. The number of anilines is 1. The summed E-state index contributed by atoms with van der Waals surface area (Å²) in [5.41, 5.74) is 7.32. The number of halogens is 1. The molecule has 2 rings (SSSR count). The van der Waals surface area contributed by atoms with Crippen molar-refractivity contribution in [3.63, 3.8) is 0 Å². The smallest absolute Gasteiger partial charge is 0.229 e. The van der Waals surface area contributed by atoms with Crippen LogP contribution in [-0.2, 0) is 17.6 Å². The van der Waals surface area contributed by atoms with Crippen LogP contribution in [0.2, 0.25) is 5.02 Å². The second kappa shape index (κ2) is 4.31. The maximum Gasteiger partial charge on any atom is 0.229 e. The molecule has 4 nitrogen and oxygen atoms in total. The first kappa shape index (κ1) is 11.2. The van der Waals surface area contributed by atoms with Gasteiger partial charge in [0.05, 0.1) is 17.1 Å². The number of hydrogen-bond donors (Lipinski definition) is 3. The van der Waals surface area contributed by atoms with Crippen LogP contribution in [0.25, 0.3) is 0 Å². The first-order valence-corrected chi connectivity index (χ1v) is 5.54. The lowest BCUT2D eigenvalue weighted by Crippen LogP contribution is -2.03. The molecule has 0 aliphatic carbocycles. The van der Waals surface area contributed by atoms with Gasteiger partial charge in [-0.1, -0.05) is 11.6 Å². The van der Waals surface area contributed by atoms with Crippen molar-refractivity contribution in [3.05, 3.63) is 22.2 Å². The van der Waals surface area contributed by atoms with Crippen LogP contribution in [0.5, 0.6) is 5.75 Å². The van der Waals surface area contributed by atoms with Crippen LogP contribution in [0.3, 0.4) is 0 Å². The van der Waals surface area contributed by atoms with Gasteiger partial charge in [0.1, 0.15) is 5.75 Å². The van der Waals surface area contributed by atoms with Gasteiger partial charge in [-0.3, -0.25) is 4.79 Å². The maximum absolute atomic E-state index is 11.2. The average molecular weight is 241 g/mol. The molecule has 0 fully saturated rings. The lowest BCUT2D eigenvalue weighted by molar-refractivity contribution is -0.115. The Labute approximate surface area is 98.4 Å². The highest BCUT2D eigenvalue weighted by Gasteiger charge is 2.25. The minimum absolute atomic E-state index is 0.136. The molecule has 86 valence electrons. The number of phenolic OH excluding ortho intramolecular Hbond substituents is 1. The number of nitrogens with two attached hydrogens (primary N) is 1. The van der Waals surface area contributed by atoms with Crippen molar-refractivity contribution in [2.45, 2.75) is 19.3 Å². The summed E-state index contributed by atoms with van der Waals surface area (Å²) < 4.78 is 0. The lowest BCUT2D eigenvalue weighted by atomic mass is 10.0. The minimum Gasteiger partial charge on any atom is -0.507 e. The number of hydrogen-bond acceptors (Lipinski definition) is 3. The van der Waals surface area contributed by atoms with E-state index in [1.54, 1.807) is 6.07 Å². The van der Waals surface area contributed by atoms with Gasteiger partial charge in [-0.2, -0.15) is 0 Å². The maximum atomic E-state index is 11.2. The fourth-order valence-corrected chi connectivity index (χ4v) is 2.18. The third-order valence-electron chi connectivity index (χ3n) is 2.68. The molecule has 0 atom stereocenters. The number of phenols is 1. The Kier molecular flexibility index (Phi) is 3.03. The Balaban J connectivity index is 2.40. The molecule has 0 saturated carbocycles. The molecule has 4 N–H and O–H groups in total. The molecule has 1 heterocycles. The first-order chi connectivity index (χ1) is 7.63. The normalized spacial score (nSPS) is 13.8. The van der Waals surface area contributed by atoms with Crippen LogP contribution in [0.15, 0.2) is 6.07 Å². The minimum atomic E-state index is -0.136. The van der Waals surface area contributed by atoms with Crippen molar-refractivity contribution in [2.75, 3.05) is 11.9 Å². The number of carbonyl (C=O) groups is 1. The largest absolute Gasteiger partial charge is 0.507 e. The summed E-state index contributed by atoms with van der Waals surface area (Å²) in [6.07, 6.45) is 1.64. The molecule has 0 aromatic heterocycles. The van der Waals surface area contributed by atoms with Crippen LogP contribution in [0, 0.1) is 0 Å². The predicted octanol–water partition coefficient (Wildman–Crippen LogP) is 1.43. The van der Waals surface area contributed by atoms with E-state index in [0.717, 1.165) is 12.0 Å². The number of aryl methyl sites for hydroxylation is 1. The van der Waals surface area contributed by atoms with Crippen molar-refractivity contribution in [2.24, 2.45) is 5.73 Å². The number of rotatable bonds is 3. The van der Waals surface area contributed by atoms with E-state index in [4.69, 9.17) is 17.3 Å². The zero-order chi connectivity index (χ0) is 11.7. The van der Waals surface area contributed by atoms with Crippen molar-refractivity contribution in [1.82, 2.24) is 0 Å². The fourth-order valence-electron chi connectivity index (χ4n) is 1.88. The summed E-state index contributed by atoms with van der Waals surface area (Å²) in [6, 6.07) is 1.69. The van der Waals surface area contributed by atoms with Gasteiger partial charge >= 0.3 is 0 Å². The quantitative estimate of drug-likeness (QED) is 0.748. The van der Waals surface area contributed by atoms with Crippen LogP contribution < -0.4 is 11.1 Å². The second-order valence-corrected chi connectivity index (χ2v) is 4.24. The summed E-state index contributed by atoms with van der Waals surface area (Å²) >= 11 is 6.03. The van der Waals surface area contributed by atoms with E-state index in [9.17, 15) is 9.90 Å². The molecular weight excluding hydrogens is 228 g/mol. The second-order valence-electron chi connectivity index (χ2n) is 3.84. The highest BCUT2D eigenvalue weighted by Crippen LogP contribution is 2.40. The SMILES string of the molecule is NCCCc1cc(Cl)c2c(c1O)CC(=O)N2. The molecule has 1 amide bonds. The van der Waals surface area contributed by atoms with Crippen molar-refractivity contribution >= 4 is 23.2 Å². The van der Waals surface area contributed by atoms with E-state index in [1.807, 2.05) is 0 Å². The van der Waals surface area contributed by atoms with E-state index in [-0.39, 0.29) is 18.1 Å². The van der Waals surface area contributed by atoms with E-state index in [2.05, 4.69) is 5.32 Å². The van der Waals surface area contributed by atoms with E-state index in [1.165, 1.54) is 0 Å². The van der Waals surface area contributed by atoms with E-state index < -0.39 is 0 Å². The Bertz CT molecular complexity index is 446. The van der Waals surface area contributed by atoms with Crippen LogP contribution in [-0.4, -0.2) is 17.6 Å². The average Bonchev–Trinajstić information content (AvgIpc) is 2.64. The molecule has 16 heavy (non-hydrogen) atoms. The number of amides is 1. The van der Waals surface area contributed by atoms with Gasteiger partial charge < -0.3 is 16.2 Å². The molecule has 1 aliphatic rings.